The predicted octanol–water partition coefficient (Wildman–Crippen LogP) is 3.23. The van der Waals surface area contributed by atoms with Crippen LogP contribution in [-0.4, -0.2) is 30.8 Å². The molecular weight excluding hydrogens is 443 g/mol. The van der Waals surface area contributed by atoms with Crippen molar-refractivity contribution in [1.82, 2.24) is 5.32 Å². The summed E-state index contributed by atoms with van der Waals surface area (Å²) in [7, 11) is 0. The lowest BCUT2D eigenvalue weighted by Crippen LogP contribution is -2.36. The molecule has 1 atom stereocenters. The molecule has 0 saturated heterocycles. The topological polar surface area (TPSA) is 105 Å². The molecule has 2 heterocycles. The number of amides is 3. The van der Waals surface area contributed by atoms with Gasteiger partial charge in [-0.1, -0.05) is 18.2 Å². The second-order valence-corrected chi connectivity index (χ2v) is 8.65. The summed E-state index contributed by atoms with van der Waals surface area (Å²) < 4.78 is 13.6. The Kier molecular flexibility index (Phi) is 6.81. The molecule has 1 aromatic heterocycles. The monoisotopic (exact) mass is 466 g/mol. The fourth-order valence-corrected chi connectivity index (χ4v) is 4.51. The first-order valence-electron chi connectivity index (χ1n) is 10.5. The molecule has 9 heteroatoms. The summed E-state index contributed by atoms with van der Waals surface area (Å²) in [5, 5.41) is 7.41. The second-order valence-electron chi connectivity index (χ2n) is 7.62. The van der Waals surface area contributed by atoms with Crippen LogP contribution >= 0.6 is 11.3 Å². The first kappa shape index (κ1) is 22.6. The summed E-state index contributed by atoms with van der Waals surface area (Å²) in [4.78, 5) is 41.2. The lowest BCUT2D eigenvalue weighted by molar-refractivity contribution is -0.119. The third-order valence-electron chi connectivity index (χ3n) is 5.34. The molecule has 0 aliphatic carbocycles. The van der Waals surface area contributed by atoms with Gasteiger partial charge in [-0.2, -0.15) is 0 Å². The number of hydrogen-bond acceptors (Lipinski definition) is 5. The van der Waals surface area contributed by atoms with Crippen molar-refractivity contribution in [2.24, 2.45) is 5.73 Å². The van der Waals surface area contributed by atoms with Gasteiger partial charge in [-0.25, -0.2) is 4.39 Å². The Morgan fingerprint density at radius 1 is 1.18 bits per heavy atom. The standard InChI is InChI=1S/C24H23FN4O3S/c25-17-6-3-15(4-7-17)21-14-22(30)28-19-12-16(24(32)27-10-9-26)5-8-20(19)29(21)23(31)13-18-2-1-11-33-18/h1-8,11-12,21H,9-10,13-14,26H2,(H,27,32)(H,28,30). The van der Waals surface area contributed by atoms with Crippen molar-refractivity contribution in [2.75, 3.05) is 23.3 Å². The summed E-state index contributed by atoms with van der Waals surface area (Å²) in [5.74, 6) is -1.24. The fraction of sp³-hybridized carbons (Fsp3) is 0.208. The summed E-state index contributed by atoms with van der Waals surface area (Å²) in [6, 6.07) is 13.7. The fourth-order valence-electron chi connectivity index (χ4n) is 3.82. The first-order valence-corrected chi connectivity index (χ1v) is 11.4. The van der Waals surface area contributed by atoms with E-state index in [2.05, 4.69) is 10.6 Å². The van der Waals surface area contributed by atoms with Gasteiger partial charge >= 0.3 is 0 Å². The second kappa shape index (κ2) is 9.93. The van der Waals surface area contributed by atoms with Gasteiger partial charge in [-0.05, 0) is 47.3 Å². The van der Waals surface area contributed by atoms with Crippen molar-refractivity contribution < 1.29 is 18.8 Å². The molecule has 0 radical (unpaired) electrons. The number of nitrogens with zero attached hydrogens (tertiary/aromatic N) is 1. The summed E-state index contributed by atoms with van der Waals surface area (Å²) in [6.07, 6.45) is 0.146. The van der Waals surface area contributed by atoms with Crippen LogP contribution in [-0.2, 0) is 16.0 Å². The van der Waals surface area contributed by atoms with E-state index < -0.39 is 11.9 Å². The van der Waals surface area contributed by atoms with Crippen LogP contribution < -0.4 is 21.3 Å². The molecule has 1 aliphatic heterocycles. The van der Waals surface area contributed by atoms with Crippen LogP contribution in [0.3, 0.4) is 0 Å². The molecule has 1 aliphatic rings. The van der Waals surface area contributed by atoms with Gasteiger partial charge in [-0.15, -0.1) is 11.3 Å². The van der Waals surface area contributed by atoms with Gasteiger partial charge in [0.05, 0.1) is 30.3 Å². The molecule has 4 N–H and O–H groups in total. The third kappa shape index (κ3) is 5.10. The van der Waals surface area contributed by atoms with Gasteiger partial charge in [-0.3, -0.25) is 14.4 Å². The average molecular weight is 467 g/mol. The maximum absolute atomic E-state index is 13.6. The van der Waals surface area contributed by atoms with Crippen LogP contribution in [0.25, 0.3) is 0 Å². The zero-order chi connectivity index (χ0) is 23.4. The molecule has 0 spiro atoms. The van der Waals surface area contributed by atoms with Gasteiger partial charge in [0.25, 0.3) is 5.91 Å². The van der Waals surface area contributed by atoms with Crippen molar-refractivity contribution in [1.29, 1.82) is 0 Å². The third-order valence-corrected chi connectivity index (χ3v) is 6.22. The van der Waals surface area contributed by atoms with E-state index in [0.29, 0.717) is 35.6 Å². The van der Waals surface area contributed by atoms with Gasteiger partial charge < -0.3 is 21.3 Å². The predicted molar refractivity (Wildman–Crippen MR) is 126 cm³/mol. The quantitative estimate of drug-likeness (QED) is 0.519. The molecule has 2 aromatic carbocycles. The van der Waals surface area contributed by atoms with Crippen LogP contribution in [0.4, 0.5) is 15.8 Å². The van der Waals surface area contributed by atoms with Gasteiger partial charge in [0.1, 0.15) is 5.82 Å². The van der Waals surface area contributed by atoms with E-state index in [4.69, 9.17) is 5.73 Å². The minimum absolute atomic E-state index is 0.00873. The number of carbonyl (C=O) groups is 3. The van der Waals surface area contributed by atoms with E-state index >= 15 is 0 Å². The van der Waals surface area contributed by atoms with Crippen molar-refractivity contribution in [3.63, 3.8) is 0 Å². The molecule has 3 aromatic rings. The average Bonchev–Trinajstić information content (AvgIpc) is 3.26. The van der Waals surface area contributed by atoms with Crippen molar-refractivity contribution in [3.8, 4) is 0 Å². The number of benzene rings is 2. The number of fused-ring (bicyclic) bond motifs is 1. The number of nitrogens with one attached hydrogen (secondary N) is 2. The highest BCUT2D eigenvalue weighted by Gasteiger charge is 2.34. The Morgan fingerprint density at radius 3 is 2.67 bits per heavy atom. The molecule has 170 valence electrons. The first-order chi connectivity index (χ1) is 16.0. The maximum atomic E-state index is 13.6. The number of carbonyl (C=O) groups excluding carboxylic acids is 3. The van der Waals surface area contributed by atoms with Gasteiger partial charge in [0.2, 0.25) is 11.8 Å². The molecular formula is C24H23FN4O3S. The van der Waals surface area contributed by atoms with Crippen LogP contribution in [0.15, 0.2) is 60.0 Å². The van der Waals surface area contributed by atoms with E-state index in [9.17, 15) is 18.8 Å². The zero-order valence-corrected chi connectivity index (χ0v) is 18.5. The highest BCUT2D eigenvalue weighted by atomic mass is 32.1. The molecule has 0 bridgehead atoms. The van der Waals surface area contributed by atoms with E-state index in [1.807, 2.05) is 17.5 Å². The Bertz CT molecular complexity index is 1160. The number of nitrogens with two attached hydrogens (primary N) is 1. The minimum Gasteiger partial charge on any atom is -0.351 e. The number of rotatable bonds is 6. The van der Waals surface area contributed by atoms with E-state index in [-0.39, 0.29) is 30.6 Å². The summed E-state index contributed by atoms with van der Waals surface area (Å²) >= 11 is 1.47. The molecule has 0 fully saturated rings. The molecule has 3 amide bonds. The Labute approximate surface area is 194 Å². The number of hydrogen-bond donors (Lipinski definition) is 3. The normalized spacial score (nSPS) is 15.4. The smallest absolute Gasteiger partial charge is 0.251 e. The summed E-state index contributed by atoms with van der Waals surface area (Å²) in [6.45, 7) is 0.623. The summed E-state index contributed by atoms with van der Waals surface area (Å²) in [5.41, 5.74) is 7.28. The van der Waals surface area contributed by atoms with Gasteiger partial charge in [0, 0.05) is 23.5 Å². The molecule has 1 unspecified atom stereocenters. The van der Waals surface area contributed by atoms with Gasteiger partial charge in [0.15, 0.2) is 0 Å². The number of halogens is 1. The SMILES string of the molecule is NCCNC(=O)c1ccc2c(c1)NC(=O)CC(c1ccc(F)cc1)N2C(=O)Cc1cccs1. The molecule has 0 saturated carbocycles. The molecule has 4 rings (SSSR count). The molecule has 33 heavy (non-hydrogen) atoms. The van der Waals surface area contributed by atoms with Crippen molar-refractivity contribution in [3.05, 3.63) is 81.8 Å². The lowest BCUT2D eigenvalue weighted by Gasteiger charge is -2.31. The van der Waals surface area contributed by atoms with E-state index in [1.165, 1.54) is 23.5 Å². The van der Waals surface area contributed by atoms with Crippen molar-refractivity contribution >= 4 is 40.4 Å². The Balaban J connectivity index is 1.77. The lowest BCUT2D eigenvalue weighted by atomic mass is 10.0. The van der Waals surface area contributed by atoms with Crippen LogP contribution in [0.1, 0.15) is 33.3 Å². The largest absolute Gasteiger partial charge is 0.351 e. The zero-order valence-electron chi connectivity index (χ0n) is 17.7. The van der Waals surface area contributed by atoms with Crippen molar-refractivity contribution in [2.45, 2.75) is 18.9 Å². The highest BCUT2D eigenvalue weighted by molar-refractivity contribution is 7.10. The van der Waals surface area contributed by atoms with Crippen LogP contribution in [0.5, 0.6) is 0 Å². The van der Waals surface area contributed by atoms with Crippen LogP contribution in [0, 0.1) is 5.82 Å². The maximum Gasteiger partial charge on any atom is 0.251 e. The number of anilines is 2. The highest BCUT2D eigenvalue weighted by Crippen LogP contribution is 2.39. The Hall–Kier alpha value is -3.56. The van der Waals surface area contributed by atoms with Crippen LogP contribution in [0.2, 0.25) is 0 Å². The Morgan fingerprint density at radius 2 is 1.97 bits per heavy atom. The minimum atomic E-state index is -0.628. The molecule has 7 nitrogen and oxygen atoms in total. The van der Waals surface area contributed by atoms with E-state index in [1.54, 1.807) is 35.2 Å². The number of thiophene rings is 1. The van der Waals surface area contributed by atoms with E-state index in [0.717, 1.165) is 4.88 Å².